The Bertz CT molecular complexity index is 500. The van der Waals surface area contributed by atoms with Crippen molar-refractivity contribution < 1.29 is 19.4 Å². The molecule has 0 aromatic rings. The van der Waals surface area contributed by atoms with Crippen molar-refractivity contribution in [1.29, 1.82) is 0 Å². The van der Waals surface area contributed by atoms with Crippen molar-refractivity contribution in [3.63, 3.8) is 0 Å². The topological polar surface area (TPSA) is 63.6 Å². The monoisotopic (exact) mass is 494 g/mol. The number of rotatable bonds is 27. The lowest BCUT2D eigenvalue weighted by Crippen LogP contribution is -2.19. The molecule has 0 rings (SSSR count). The molecule has 0 aliphatic heterocycles. The first-order chi connectivity index (χ1) is 17.1. The second-order valence-electron chi connectivity index (χ2n) is 10.3. The Morgan fingerprint density at radius 1 is 0.629 bits per heavy atom. The quantitative estimate of drug-likeness (QED) is 0.0701. The maximum absolute atomic E-state index is 11.7. The standard InChI is InChI=1S/C31H58O4/c1-3-5-6-7-8-9-10-11-12-13-14-15-16-17-18-19-20-21-22-23-24-25-26-29(31(33)34)28-30(32)35-27-4-2/h9-10,29H,3-8,11-28H2,1-2H3,(H,33,34)/b10-9+. The van der Waals surface area contributed by atoms with E-state index in [-0.39, 0.29) is 12.4 Å². The second-order valence-corrected chi connectivity index (χ2v) is 10.3. The number of ether oxygens (including phenoxy) is 1. The minimum Gasteiger partial charge on any atom is -0.481 e. The van der Waals surface area contributed by atoms with Crippen molar-refractivity contribution in [3.05, 3.63) is 12.2 Å². The summed E-state index contributed by atoms with van der Waals surface area (Å²) in [7, 11) is 0. The van der Waals surface area contributed by atoms with Crippen LogP contribution in [0.4, 0.5) is 0 Å². The van der Waals surface area contributed by atoms with Crippen molar-refractivity contribution in [3.8, 4) is 0 Å². The van der Waals surface area contributed by atoms with E-state index < -0.39 is 11.9 Å². The molecule has 0 aromatic heterocycles. The van der Waals surface area contributed by atoms with Gasteiger partial charge in [0.2, 0.25) is 0 Å². The van der Waals surface area contributed by atoms with E-state index >= 15 is 0 Å². The Kier molecular flexibility index (Phi) is 26.2. The van der Waals surface area contributed by atoms with E-state index in [0.717, 1.165) is 19.3 Å². The van der Waals surface area contributed by atoms with Gasteiger partial charge in [-0.1, -0.05) is 129 Å². The first kappa shape index (κ1) is 33.7. The zero-order valence-corrected chi connectivity index (χ0v) is 23.4. The molecule has 1 unspecified atom stereocenters. The van der Waals surface area contributed by atoms with Crippen LogP contribution < -0.4 is 0 Å². The van der Waals surface area contributed by atoms with E-state index in [4.69, 9.17) is 4.74 Å². The number of aliphatic carboxylic acids is 1. The first-order valence-electron chi connectivity index (χ1n) is 15.1. The van der Waals surface area contributed by atoms with E-state index in [2.05, 4.69) is 19.1 Å². The Balaban J connectivity index is 3.36. The zero-order valence-electron chi connectivity index (χ0n) is 23.4. The van der Waals surface area contributed by atoms with E-state index in [1.165, 1.54) is 116 Å². The number of carboxylic acids is 1. The van der Waals surface area contributed by atoms with E-state index in [9.17, 15) is 14.7 Å². The van der Waals surface area contributed by atoms with Gasteiger partial charge in [0.1, 0.15) is 0 Å². The molecule has 0 aliphatic carbocycles. The van der Waals surface area contributed by atoms with Gasteiger partial charge in [-0.2, -0.15) is 0 Å². The van der Waals surface area contributed by atoms with Crippen LogP contribution in [0.3, 0.4) is 0 Å². The van der Waals surface area contributed by atoms with Crippen molar-refractivity contribution in [2.75, 3.05) is 6.61 Å². The lowest BCUT2D eigenvalue weighted by Gasteiger charge is -2.11. The summed E-state index contributed by atoms with van der Waals surface area (Å²) in [6.07, 6.45) is 32.1. The van der Waals surface area contributed by atoms with Crippen molar-refractivity contribution in [2.45, 2.75) is 162 Å². The highest BCUT2D eigenvalue weighted by Crippen LogP contribution is 2.18. The van der Waals surface area contributed by atoms with Gasteiger partial charge in [0.25, 0.3) is 0 Å². The predicted octanol–water partition coefficient (Wildman–Crippen LogP) is 9.80. The van der Waals surface area contributed by atoms with Crippen molar-refractivity contribution in [2.24, 2.45) is 5.92 Å². The highest BCUT2D eigenvalue weighted by Gasteiger charge is 2.21. The molecule has 0 radical (unpaired) electrons. The summed E-state index contributed by atoms with van der Waals surface area (Å²) in [5, 5.41) is 9.31. The van der Waals surface area contributed by atoms with Crippen LogP contribution in [-0.2, 0) is 14.3 Å². The second kappa shape index (κ2) is 27.3. The van der Waals surface area contributed by atoms with E-state index in [1.54, 1.807) is 0 Å². The summed E-state index contributed by atoms with van der Waals surface area (Å²) in [5.74, 6) is -1.85. The van der Waals surface area contributed by atoms with Crippen LogP contribution in [-0.4, -0.2) is 23.7 Å². The third kappa shape index (κ3) is 25.6. The van der Waals surface area contributed by atoms with Gasteiger partial charge < -0.3 is 9.84 Å². The summed E-state index contributed by atoms with van der Waals surface area (Å²) in [6.45, 7) is 4.58. The molecule has 4 nitrogen and oxygen atoms in total. The number of esters is 1. The average Bonchev–Trinajstić information content (AvgIpc) is 2.84. The van der Waals surface area contributed by atoms with Gasteiger partial charge in [-0.05, 0) is 38.5 Å². The summed E-state index contributed by atoms with van der Waals surface area (Å²) < 4.78 is 5.02. The summed E-state index contributed by atoms with van der Waals surface area (Å²) in [4.78, 5) is 23.0. The fourth-order valence-corrected chi connectivity index (χ4v) is 4.49. The summed E-state index contributed by atoms with van der Waals surface area (Å²) >= 11 is 0. The van der Waals surface area contributed by atoms with Crippen LogP contribution in [0.15, 0.2) is 12.2 Å². The molecule has 35 heavy (non-hydrogen) atoms. The number of carboxylic acid groups (broad SMARTS) is 1. The molecule has 0 saturated carbocycles. The molecule has 1 atom stereocenters. The third-order valence-electron chi connectivity index (χ3n) is 6.79. The Morgan fingerprint density at radius 3 is 1.49 bits per heavy atom. The number of allylic oxidation sites excluding steroid dienone is 2. The molecule has 1 N–H and O–H groups in total. The Morgan fingerprint density at radius 2 is 1.06 bits per heavy atom. The van der Waals surface area contributed by atoms with E-state index in [0.29, 0.717) is 13.0 Å². The Hall–Kier alpha value is -1.32. The molecule has 0 bridgehead atoms. The molecule has 0 heterocycles. The number of unbranched alkanes of at least 4 members (excludes halogenated alkanes) is 18. The number of hydrogen-bond donors (Lipinski definition) is 1. The average molecular weight is 495 g/mol. The molecular weight excluding hydrogens is 436 g/mol. The molecular formula is C31H58O4. The van der Waals surface area contributed by atoms with Gasteiger partial charge >= 0.3 is 11.9 Å². The fourth-order valence-electron chi connectivity index (χ4n) is 4.49. The normalized spacial score (nSPS) is 12.3. The number of hydrogen-bond acceptors (Lipinski definition) is 3. The maximum atomic E-state index is 11.7. The van der Waals surface area contributed by atoms with Crippen LogP contribution in [0.25, 0.3) is 0 Å². The zero-order chi connectivity index (χ0) is 25.8. The molecule has 0 spiro atoms. The van der Waals surface area contributed by atoms with Crippen LogP contribution in [0.2, 0.25) is 0 Å². The smallest absolute Gasteiger partial charge is 0.307 e. The lowest BCUT2D eigenvalue weighted by atomic mass is 9.97. The highest BCUT2D eigenvalue weighted by molar-refractivity contribution is 5.78. The lowest BCUT2D eigenvalue weighted by molar-refractivity contribution is -0.151. The summed E-state index contributed by atoms with van der Waals surface area (Å²) in [6, 6.07) is 0. The van der Waals surface area contributed by atoms with Crippen molar-refractivity contribution in [1.82, 2.24) is 0 Å². The van der Waals surface area contributed by atoms with Gasteiger partial charge in [-0.15, -0.1) is 0 Å². The van der Waals surface area contributed by atoms with Gasteiger partial charge in [-0.3, -0.25) is 9.59 Å². The molecule has 4 heteroatoms. The fraction of sp³-hybridized carbons (Fsp3) is 0.871. The van der Waals surface area contributed by atoms with Gasteiger partial charge in [0, 0.05) is 0 Å². The van der Waals surface area contributed by atoms with Crippen LogP contribution in [0.5, 0.6) is 0 Å². The minimum atomic E-state index is -0.876. The van der Waals surface area contributed by atoms with Crippen LogP contribution in [0.1, 0.15) is 162 Å². The van der Waals surface area contributed by atoms with Gasteiger partial charge in [0.15, 0.2) is 0 Å². The van der Waals surface area contributed by atoms with Crippen molar-refractivity contribution >= 4 is 11.9 Å². The van der Waals surface area contributed by atoms with Crippen LogP contribution >= 0.6 is 0 Å². The maximum Gasteiger partial charge on any atom is 0.307 e. The molecule has 206 valence electrons. The number of carbonyl (C=O) groups excluding carboxylic acids is 1. The predicted molar refractivity (Wildman–Crippen MR) is 149 cm³/mol. The SMILES string of the molecule is CCCCCC/C=C/CCCCCCCCCCCCCCCCC(CC(=O)OCCC)C(=O)O. The molecule has 0 aromatic carbocycles. The summed E-state index contributed by atoms with van der Waals surface area (Å²) in [5.41, 5.74) is 0. The van der Waals surface area contributed by atoms with Gasteiger partial charge in [0.05, 0.1) is 18.9 Å². The largest absolute Gasteiger partial charge is 0.481 e. The van der Waals surface area contributed by atoms with Gasteiger partial charge in [-0.25, -0.2) is 0 Å². The molecule has 0 aliphatic rings. The Labute approximate surface area is 217 Å². The highest BCUT2D eigenvalue weighted by atomic mass is 16.5. The first-order valence-corrected chi connectivity index (χ1v) is 15.1. The van der Waals surface area contributed by atoms with E-state index in [1.807, 2.05) is 6.92 Å². The minimum absolute atomic E-state index is 0.00588. The third-order valence-corrected chi connectivity index (χ3v) is 6.79. The molecule has 0 saturated heterocycles. The molecule has 0 fully saturated rings. The van der Waals surface area contributed by atoms with Crippen LogP contribution in [0, 0.1) is 5.92 Å². The molecule has 0 amide bonds. The number of carbonyl (C=O) groups is 2.